The fourth-order valence-electron chi connectivity index (χ4n) is 0.340. The SMILES string of the molecule is C/C(O)=C\C=C(/C)C(F)(F)F. The van der Waals surface area contributed by atoms with E-state index in [-0.39, 0.29) is 5.76 Å². The summed E-state index contributed by atoms with van der Waals surface area (Å²) in [5.74, 6) is -0.145. The maximum absolute atomic E-state index is 11.7. The molecule has 1 N–H and O–H groups in total. The maximum Gasteiger partial charge on any atom is 0.412 e. The monoisotopic (exact) mass is 166 g/mol. The second-order valence-corrected chi connectivity index (χ2v) is 2.16. The maximum atomic E-state index is 11.7. The largest absolute Gasteiger partial charge is 0.513 e. The Hall–Kier alpha value is -0.930. The second kappa shape index (κ2) is 3.46. The fourth-order valence-corrected chi connectivity index (χ4v) is 0.340. The Morgan fingerprint density at radius 3 is 1.91 bits per heavy atom. The van der Waals surface area contributed by atoms with Gasteiger partial charge < -0.3 is 5.11 Å². The normalized spacial score (nSPS) is 15.4. The van der Waals surface area contributed by atoms with E-state index < -0.39 is 11.7 Å². The van der Waals surface area contributed by atoms with E-state index in [1.165, 1.54) is 6.92 Å². The van der Waals surface area contributed by atoms with Crippen molar-refractivity contribution in [1.29, 1.82) is 0 Å². The molecule has 0 spiro atoms. The topological polar surface area (TPSA) is 20.2 Å². The molecular formula is C7H9F3O. The molecule has 0 aromatic rings. The molecule has 0 fully saturated rings. The average molecular weight is 166 g/mol. The number of hydrogen-bond donors (Lipinski definition) is 1. The van der Waals surface area contributed by atoms with E-state index in [1.807, 2.05) is 0 Å². The molecule has 0 aliphatic heterocycles. The van der Waals surface area contributed by atoms with E-state index in [1.54, 1.807) is 0 Å². The van der Waals surface area contributed by atoms with Crippen molar-refractivity contribution in [1.82, 2.24) is 0 Å². The third-order valence-corrected chi connectivity index (χ3v) is 1.02. The molecule has 0 radical (unpaired) electrons. The zero-order valence-electron chi connectivity index (χ0n) is 6.24. The molecule has 0 heterocycles. The molecule has 0 unspecified atom stereocenters. The molecular weight excluding hydrogens is 157 g/mol. The Labute approximate surface area is 62.8 Å². The molecule has 0 bridgehead atoms. The van der Waals surface area contributed by atoms with Gasteiger partial charge in [-0.1, -0.05) is 6.08 Å². The summed E-state index contributed by atoms with van der Waals surface area (Å²) in [7, 11) is 0. The number of allylic oxidation sites excluding steroid dienone is 4. The van der Waals surface area contributed by atoms with Crippen molar-refractivity contribution >= 4 is 0 Å². The van der Waals surface area contributed by atoms with Crippen molar-refractivity contribution in [2.75, 3.05) is 0 Å². The first-order valence-corrected chi connectivity index (χ1v) is 2.95. The van der Waals surface area contributed by atoms with Crippen LogP contribution in [-0.4, -0.2) is 11.3 Å². The van der Waals surface area contributed by atoms with Crippen LogP contribution in [0.5, 0.6) is 0 Å². The second-order valence-electron chi connectivity index (χ2n) is 2.16. The predicted molar refractivity (Wildman–Crippen MR) is 36.2 cm³/mol. The summed E-state index contributed by atoms with van der Waals surface area (Å²) >= 11 is 0. The van der Waals surface area contributed by atoms with Crippen LogP contribution in [0, 0.1) is 0 Å². The summed E-state index contributed by atoms with van der Waals surface area (Å²) in [6.07, 6.45) is -2.47. The minimum absolute atomic E-state index is 0.145. The lowest BCUT2D eigenvalue weighted by Crippen LogP contribution is -2.08. The number of aliphatic hydroxyl groups is 1. The van der Waals surface area contributed by atoms with Gasteiger partial charge in [0.2, 0.25) is 0 Å². The first-order valence-electron chi connectivity index (χ1n) is 2.95. The Morgan fingerprint density at radius 2 is 1.64 bits per heavy atom. The molecule has 4 heteroatoms. The first-order chi connectivity index (χ1) is 4.84. The van der Waals surface area contributed by atoms with Gasteiger partial charge in [0.1, 0.15) is 0 Å². The van der Waals surface area contributed by atoms with Crippen molar-refractivity contribution in [3.8, 4) is 0 Å². The van der Waals surface area contributed by atoms with Gasteiger partial charge >= 0.3 is 6.18 Å². The third kappa shape index (κ3) is 4.47. The summed E-state index contributed by atoms with van der Waals surface area (Å²) in [6, 6.07) is 0. The van der Waals surface area contributed by atoms with Crippen LogP contribution in [-0.2, 0) is 0 Å². The molecule has 0 aliphatic carbocycles. The molecule has 0 aliphatic rings. The summed E-state index contributed by atoms with van der Waals surface area (Å²) in [5, 5.41) is 8.52. The van der Waals surface area contributed by atoms with Gasteiger partial charge in [-0.05, 0) is 19.9 Å². The van der Waals surface area contributed by atoms with E-state index in [0.717, 1.165) is 19.1 Å². The van der Waals surface area contributed by atoms with Crippen molar-refractivity contribution in [3.05, 3.63) is 23.5 Å². The lowest BCUT2D eigenvalue weighted by Gasteiger charge is -2.03. The Bertz CT molecular complexity index is 184. The van der Waals surface area contributed by atoms with E-state index in [2.05, 4.69) is 0 Å². The molecule has 64 valence electrons. The highest BCUT2D eigenvalue weighted by atomic mass is 19.4. The Morgan fingerprint density at radius 1 is 1.18 bits per heavy atom. The molecule has 0 amide bonds. The van der Waals surface area contributed by atoms with Crippen LogP contribution < -0.4 is 0 Å². The van der Waals surface area contributed by atoms with Crippen molar-refractivity contribution < 1.29 is 18.3 Å². The third-order valence-electron chi connectivity index (χ3n) is 1.02. The number of halogens is 3. The van der Waals surface area contributed by atoms with Crippen LogP contribution in [0.15, 0.2) is 23.5 Å². The molecule has 0 aromatic carbocycles. The van der Waals surface area contributed by atoms with Crippen LogP contribution in [0.2, 0.25) is 0 Å². The number of alkyl halides is 3. The van der Waals surface area contributed by atoms with Gasteiger partial charge in [-0.25, -0.2) is 0 Å². The molecule has 0 saturated carbocycles. The molecule has 0 atom stereocenters. The van der Waals surface area contributed by atoms with E-state index in [9.17, 15) is 13.2 Å². The van der Waals surface area contributed by atoms with Gasteiger partial charge in [0.05, 0.1) is 5.76 Å². The average Bonchev–Trinajstić information content (AvgIpc) is 1.80. The fraction of sp³-hybridized carbons (Fsp3) is 0.429. The van der Waals surface area contributed by atoms with Crippen LogP contribution >= 0.6 is 0 Å². The van der Waals surface area contributed by atoms with Gasteiger partial charge in [0.15, 0.2) is 0 Å². The summed E-state index contributed by atoms with van der Waals surface area (Å²) in [5.41, 5.74) is -0.731. The zero-order valence-corrected chi connectivity index (χ0v) is 6.24. The quantitative estimate of drug-likeness (QED) is 0.469. The smallest absolute Gasteiger partial charge is 0.412 e. The first kappa shape index (κ1) is 10.1. The van der Waals surface area contributed by atoms with Crippen LogP contribution in [0.4, 0.5) is 13.2 Å². The van der Waals surface area contributed by atoms with Crippen LogP contribution in [0.25, 0.3) is 0 Å². The van der Waals surface area contributed by atoms with E-state index in [4.69, 9.17) is 5.11 Å². The molecule has 11 heavy (non-hydrogen) atoms. The van der Waals surface area contributed by atoms with Crippen LogP contribution in [0.3, 0.4) is 0 Å². The lowest BCUT2D eigenvalue weighted by atomic mass is 10.2. The van der Waals surface area contributed by atoms with Gasteiger partial charge in [0.25, 0.3) is 0 Å². The van der Waals surface area contributed by atoms with Crippen molar-refractivity contribution in [3.63, 3.8) is 0 Å². The molecule has 0 aromatic heterocycles. The molecule has 1 nitrogen and oxygen atoms in total. The highest BCUT2D eigenvalue weighted by molar-refractivity contribution is 5.15. The van der Waals surface area contributed by atoms with E-state index >= 15 is 0 Å². The van der Waals surface area contributed by atoms with Gasteiger partial charge in [-0.2, -0.15) is 13.2 Å². The van der Waals surface area contributed by atoms with Crippen LogP contribution in [0.1, 0.15) is 13.8 Å². The zero-order chi connectivity index (χ0) is 9.07. The summed E-state index contributed by atoms with van der Waals surface area (Å²) in [4.78, 5) is 0. The number of hydrogen-bond acceptors (Lipinski definition) is 1. The summed E-state index contributed by atoms with van der Waals surface area (Å²) < 4.78 is 35.2. The predicted octanol–water partition coefficient (Wildman–Crippen LogP) is 2.96. The molecule has 0 saturated heterocycles. The highest BCUT2D eigenvalue weighted by Crippen LogP contribution is 2.24. The lowest BCUT2D eigenvalue weighted by molar-refractivity contribution is -0.0913. The number of aliphatic hydroxyl groups excluding tert-OH is 1. The molecule has 0 rings (SSSR count). The van der Waals surface area contributed by atoms with Gasteiger partial charge in [-0.15, -0.1) is 0 Å². The van der Waals surface area contributed by atoms with Crippen molar-refractivity contribution in [2.24, 2.45) is 0 Å². The van der Waals surface area contributed by atoms with E-state index in [0.29, 0.717) is 0 Å². The van der Waals surface area contributed by atoms with Crippen molar-refractivity contribution in [2.45, 2.75) is 20.0 Å². The Kier molecular flexibility index (Phi) is 3.17. The highest BCUT2D eigenvalue weighted by Gasteiger charge is 2.29. The minimum Gasteiger partial charge on any atom is -0.513 e. The Balaban J connectivity index is 4.36. The number of rotatable bonds is 1. The minimum atomic E-state index is -4.30. The standard InChI is InChI=1S/C7H9F3O/c1-5(7(8,9)10)3-4-6(2)11/h3-4,11H,1-2H3/b5-3+,6-4+. The summed E-state index contributed by atoms with van der Waals surface area (Å²) in [6.45, 7) is 2.25. The van der Waals surface area contributed by atoms with Gasteiger partial charge in [0, 0.05) is 5.57 Å². The van der Waals surface area contributed by atoms with Gasteiger partial charge in [-0.3, -0.25) is 0 Å².